The summed E-state index contributed by atoms with van der Waals surface area (Å²) in [6, 6.07) is 11.7. The van der Waals surface area contributed by atoms with E-state index in [1.165, 1.54) is 12.1 Å². The SMILES string of the molecule is Cc1cc(OCc2cccc(F)c2)ccc1NC(=O)C1CSCN1. The van der Waals surface area contributed by atoms with Crippen LogP contribution in [0, 0.1) is 12.7 Å². The quantitative estimate of drug-likeness (QED) is 0.872. The van der Waals surface area contributed by atoms with Gasteiger partial charge in [-0.3, -0.25) is 10.1 Å². The van der Waals surface area contributed by atoms with Crippen LogP contribution < -0.4 is 15.4 Å². The lowest BCUT2D eigenvalue weighted by Gasteiger charge is -2.14. The highest BCUT2D eigenvalue weighted by molar-refractivity contribution is 7.99. The second kappa shape index (κ2) is 7.68. The number of hydrogen-bond donors (Lipinski definition) is 2. The predicted molar refractivity (Wildman–Crippen MR) is 94.8 cm³/mol. The highest BCUT2D eigenvalue weighted by atomic mass is 32.2. The smallest absolute Gasteiger partial charge is 0.242 e. The maximum Gasteiger partial charge on any atom is 0.242 e. The number of rotatable bonds is 5. The Kier molecular flexibility index (Phi) is 5.37. The molecule has 0 radical (unpaired) electrons. The summed E-state index contributed by atoms with van der Waals surface area (Å²) in [5.41, 5.74) is 2.47. The lowest BCUT2D eigenvalue weighted by molar-refractivity contribution is -0.117. The molecular formula is C18H19FN2O2S. The zero-order valence-corrected chi connectivity index (χ0v) is 14.2. The average molecular weight is 346 g/mol. The molecule has 0 bridgehead atoms. The van der Waals surface area contributed by atoms with Crippen LogP contribution in [0.2, 0.25) is 0 Å². The van der Waals surface area contributed by atoms with E-state index in [-0.39, 0.29) is 17.8 Å². The van der Waals surface area contributed by atoms with Crippen LogP contribution in [0.15, 0.2) is 42.5 Å². The number of thioether (sulfide) groups is 1. The normalized spacial score (nSPS) is 16.8. The van der Waals surface area contributed by atoms with Crippen molar-refractivity contribution in [2.45, 2.75) is 19.6 Å². The van der Waals surface area contributed by atoms with Crippen molar-refractivity contribution in [1.82, 2.24) is 5.32 Å². The van der Waals surface area contributed by atoms with Crippen LogP contribution in [-0.2, 0) is 11.4 Å². The van der Waals surface area contributed by atoms with Crippen molar-refractivity contribution in [2.24, 2.45) is 0 Å². The van der Waals surface area contributed by atoms with Gasteiger partial charge in [-0.1, -0.05) is 12.1 Å². The Bertz CT molecular complexity index is 733. The van der Waals surface area contributed by atoms with Gasteiger partial charge in [-0.2, -0.15) is 0 Å². The van der Waals surface area contributed by atoms with Gasteiger partial charge >= 0.3 is 0 Å². The number of benzene rings is 2. The second-order valence-corrected chi connectivity index (χ2v) is 6.69. The summed E-state index contributed by atoms with van der Waals surface area (Å²) in [4.78, 5) is 12.1. The third-order valence-corrected chi connectivity index (χ3v) is 4.72. The summed E-state index contributed by atoms with van der Waals surface area (Å²) < 4.78 is 18.8. The fourth-order valence-corrected chi connectivity index (χ4v) is 3.38. The van der Waals surface area contributed by atoms with Crippen LogP contribution in [-0.4, -0.2) is 23.6 Å². The van der Waals surface area contributed by atoms with Gasteiger partial charge in [0.1, 0.15) is 18.2 Å². The van der Waals surface area contributed by atoms with Crippen molar-refractivity contribution in [3.8, 4) is 5.75 Å². The van der Waals surface area contributed by atoms with Crippen LogP contribution >= 0.6 is 11.8 Å². The molecule has 4 nitrogen and oxygen atoms in total. The van der Waals surface area contributed by atoms with Crippen LogP contribution in [0.4, 0.5) is 10.1 Å². The first-order valence-corrected chi connectivity index (χ1v) is 8.87. The number of carbonyl (C=O) groups is 1. The number of nitrogens with one attached hydrogen (secondary N) is 2. The van der Waals surface area contributed by atoms with Gasteiger partial charge in [-0.15, -0.1) is 11.8 Å². The molecule has 1 atom stereocenters. The first-order chi connectivity index (χ1) is 11.6. The topological polar surface area (TPSA) is 50.4 Å². The number of aryl methyl sites for hydroxylation is 1. The molecule has 0 saturated carbocycles. The van der Waals surface area contributed by atoms with E-state index in [1.54, 1.807) is 23.9 Å². The molecule has 1 unspecified atom stereocenters. The van der Waals surface area contributed by atoms with Gasteiger partial charge in [-0.25, -0.2) is 4.39 Å². The molecule has 3 rings (SSSR count). The molecule has 1 saturated heterocycles. The highest BCUT2D eigenvalue weighted by Gasteiger charge is 2.22. The predicted octanol–water partition coefficient (Wildman–Crippen LogP) is 3.31. The van der Waals surface area contributed by atoms with Gasteiger partial charge in [0.2, 0.25) is 5.91 Å². The molecule has 2 aromatic carbocycles. The molecule has 2 aromatic rings. The van der Waals surface area contributed by atoms with Crippen molar-refractivity contribution in [2.75, 3.05) is 16.9 Å². The van der Waals surface area contributed by atoms with Crippen LogP contribution in [0.1, 0.15) is 11.1 Å². The summed E-state index contributed by atoms with van der Waals surface area (Å²) in [6.45, 7) is 2.22. The molecule has 1 heterocycles. The number of halogens is 1. The van der Waals surface area contributed by atoms with Crippen molar-refractivity contribution < 1.29 is 13.9 Å². The minimum atomic E-state index is -0.274. The summed E-state index contributed by atoms with van der Waals surface area (Å²) >= 11 is 1.71. The van der Waals surface area contributed by atoms with Gasteiger partial charge in [0.15, 0.2) is 0 Å². The number of hydrogen-bond acceptors (Lipinski definition) is 4. The molecule has 0 spiro atoms. The molecule has 24 heavy (non-hydrogen) atoms. The lowest BCUT2D eigenvalue weighted by Crippen LogP contribution is -2.37. The monoisotopic (exact) mass is 346 g/mol. The van der Waals surface area contributed by atoms with Crippen molar-refractivity contribution in [3.63, 3.8) is 0 Å². The average Bonchev–Trinajstić information content (AvgIpc) is 3.10. The largest absolute Gasteiger partial charge is 0.489 e. The zero-order chi connectivity index (χ0) is 16.9. The Hall–Kier alpha value is -2.05. The number of anilines is 1. The van der Waals surface area contributed by atoms with Gasteiger partial charge in [0.25, 0.3) is 0 Å². The van der Waals surface area contributed by atoms with E-state index in [4.69, 9.17) is 4.74 Å². The molecule has 1 fully saturated rings. The van der Waals surface area contributed by atoms with Crippen LogP contribution in [0.3, 0.4) is 0 Å². The van der Waals surface area contributed by atoms with E-state index in [9.17, 15) is 9.18 Å². The zero-order valence-electron chi connectivity index (χ0n) is 13.3. The lowest BCUT2D eigenvalue weighted by atomic mass is 10.1. The van der Waals surface area contributed by atoms with E-state index >= 15 is 0 Å². The van der Waals surface area contributed by atoms with Gasteiger partial charge in [-0.05, 0) is 48.4 Å². The molecular weight excluding hydrogens is 327 g/mol. The minimum absolute atomic E-state index is 0.0171. The molecule has 1 amide bonds. The number of amides is 1. The molecule has 0 aliphatic carbocycles. The summed E-state index contributed by atoms with van der Waals surface area (Å²) in [5.74, 6) is 1.99. The number of ether oxygens (including phenoxy) is 1. The molecule has 6 heteroatoms. The van der Waals surface area contributed by atoms with Crippen molar-refractivity contribution >= 4 is 23.4 Å². The maximum absolute atomic E-state index is 13.2. The molecule has 0 aromatic heterocycles. The van der Waals surface area contributed by atoms with E-state index < -0.39 is 0 Å². The third kappa shape index (κ3) is 4.27. The van der Waals surface area contributed by atoms with Gasteiger partial charge in [0.05, 0.1) is 6.04 Å². The van der Waals surface area contributed by atoms with Gasteiger partial charge in [0, 0.05) is 17.3 Å². The van der Waals surface area contributed by atoms with E-state index in [0.29, 0.717) is 12.4 Å². The summed E-state index contributed by atoms with van der Waals surface area (Å²) in [7, 11) is 0. The van der Waals surface area contributed by atoms with Crippen molar-refractivity contribution in [3.05, 3.63) is 59.4 Å². The minimum Gasteiger partial charge on any atom is -0.489 e. The molecule has 1 aliphatic heterocycles. The molecule has 126 valence electrons. The Balaban J connectivity index is 1.60. The highest BCUT2D eigenvalue weighted by Crippen LogP contribution is 2.23. The van der Waals surface area contributed by atoms with Crippen LogP contribution in [0.25, 0.3) is 0 Å². The molecule has 1 aliphatic rings. The maximum atomic E-state index is 13.2. The van der Waals surface area contributed by atoms with Crippen LogP contribution in [0.5, 0.6) is 5.75 Å². The van der Waals surface area contributed by atoms with E-state index in [1.807, 2.05) is 25.1 Å². The Morgan fingerprint density at radius 2 is 2.25 bits per heavy atom. The fourth-order valence-electron chi connectivity index (χ4n) is 2.44. The first kappa shape index (κ1) is 16.8. The fraction of sp³-hybridized carbons (Fsp3) is 0.278. The number of carbonyl (C=O) groups excluding carboxylic acids is 1. The van der Waals surface area contributed by atoms with E-state index in [0.717, 1.165) is 28.4 Å². The second-order valence-electron chi connectivity index (χ2n) is 5.66. The summed E-state index contributed by atoms with van der Waals surface area (Å²) in [5, 5.41) is 6.09. The Morgan fingerprint density at radius 1 is 1.38 bits per heavy atom. The standard InChI is InChI=1S/C18H19FN2O2S/c1-12-7-15(23-9-13-3-2-4-14(19)8-13)5-6-16(12)21-18(22)17-10-24-11-20-17/h2-8,17,20H,9-11H2,1H3,(H,21,22). The summed E-state index contributed by atoms with van der Waals surface area (Å²) in [6.07, 6.45) is 0. The van der Waals surface area contributed by atoms with E-state index in [2.05, 4.69) is 10.6 Å². The first-order valence-electron chi connectivity index (χ1n) is 7.72. The molecule has 2 N–H and O–H groups in total. The Labute approximate surface area is 144 Å². The van der Waals surface area contributed by atoms with Crippen molar-refractivity contribution in [1.29, 1.82) is 0 Å². The third-order valence-electron chi connectivity index (χ3n) is 3.78. The Morgan fingerprint density at radius 3 is 2.96 bits per heavy atom. The van der Waals surface area contributed by atoms with Gasteiger partial charge < -0.3 is 10.1 Å².